The minimum absolute atomic E-state index is 0.106. The van der Waals surface area contributed by atoms with Gasteiger partial charge in [-0.2, -0.15) is 0 Å². The first-order valence-corrected chi connectivity index (χ1v) is 6.65. The highest BCUT2D eigenvalue weighted by molar-refractivity contribution is 5.30. The fraction of sp³-hybridized carbons (Fsp3) is 0.294. The molecule has 2 rings (SSSR count). The molecule has 19 heavy (non-hydrogen) atoms. The summed E-state index contributed by atoms with van der Waals surface area (Å²) in [6, 6.07) is 16.6. The number of nitrogens with two attached hydrogens (primary N) is 1. The minimum Gasteiger partial charge on any atom is -0.369 e. The van der Waals surface area contributed by atoms with E-state index in [4.69, 9.17) is 10.5 Å². The Hall–Kier alpha value is -1.64. The van der Waals surface area contributed by atoms with Gasteiger partial charge in [-0.3, -0.25) is 0 Å². The van der Waals surface area contributed by atoms with E-state index in [9.17, 15) is 0 Å². The fourth-order valence-electron chi connectivity index (χ4n) is 2.08. The number of ether oxygens (including phenoxy) is 1. The maximum absolute atomic E-state index is 5.94. The lowest BCUT2D eigenvalue weighted by atomic mass is 10.1. The summed E-state index contributed by atoms with van der Waals surface area (Å²) in [6.07, 6.45) is 0.106. The lowest BCUT2D eigenvalue weighted by Gasteiger charge is -2.15. The fourth-order valence-corrected chi connectivity index (χ4v) is 2.08. The van der Waals surface area contributed by atoms with Gasteiger partial charge < -0.3 is 10.5 Å². The molecule has 0 bridgehead atoms. The monoisotopic (exact) mass is 255 g/mol. The molecule has 0 spiro atoms. The van der Waals surface area contributed by atoms with E-state index in [1.54, 1.807) is 0 Å². The van der Waals surface area contributed by atoms with Crippen LogP contribution in [0.2, 0.25) is 0 Å². The second-order valence-corrected chi connectivity index (χ2v) is 4.83. The molecule has 2 aromatic carbocycles. The quantitative estimate of drug-likeness (QED) is 0.883. The van der Waals surface area contributed by atoms with Crippen molar-refractivity contribution in [1.29, 1.82) is 0 Å². The molecule has 0 aromatic heterocycles. The highest BCUT2D eigenvalue weighted by Crippen LogP contribution is 2.19. The van der Waals surface area contributed by atoms with Crippen molar-refractivity contribution < 1.29 is 4.74 Å². The van der Waals surface area contributed by atoms with Gasteiger partial charge in [0.05, 0.1) is 12.7 Å². The van der Waals surface area contributed by atoms with Crippen molar-refractivity contribution in [3.8, 4) is 0 Å². The summed E-state index contributed by atoms with van der Waals surface area (Å²) in [5.74, 6) is 0. The highest BCUT2D eigenvalue weighted by Gasteiger charge is 2.06. The maximum atomic E-state index is 5.94. The molecule has 0 heterocycles. The normalized spacial score (nSPS) is 12.4. The molecule has 2 aromatic rings. The van der Waals surface area contributed by atoms with E-state index in [1.165, 1.54) is 16.7 Å². The Labute approximate surface area is 115 Å². The lowest BCUT2D eigenvalue weighted by molar-refractivity contribution is 0.0523. The summed E-state index contributed by atoms with van der Waals surface area (Å²) in [7, 11) is 0. The number of rotatable bonds is 5. The second-order valence-electron chi connectivity index (χ2n) is 4.83. The molecule has 0 amide bonds. The van der Waals surface area contributed by atoms with Gasteiger partial charge in [0.25, 0.3) is 0 Å². The highest BCUT2D eigenvalue weighted by atomic mass is 16.5. The van der Waals surface area contributed by atoms with Crippen LogP contribution in [0.1, 0.15) is 35.3 Å². The standard InChI is InChI=1S/C17H21NO/c1-13-10-15(11-18)8-9-17(13)12-19-14(2)16-6-4-3-5-7-16/h3-10,14H,11-12,18H2,1-2H3. The molecule has 0 radical (unpaired) electrons. The third kappa shape index (κ3) is 3.66. The molecule has 0 aliphatic heterocycles. The number of benzene rings is 2. The van der Waals surface area contributed by atoms with Gasteiger partial charge in [-0.25, -0.2) is 0 Å². The Balaban J connectivity index is 1.99. The van der Waals surface area contributed by atoms with Crippen molar-refractivity contribution in [3.05, 3.63) is 70.8 Å². The van der Waals surface area contributed by atoms with Crippen molar-refractivity contribution >= 4 is 0 Å². The van der Waals surface area contributed by atoms with Crippen LogP contribution in [0.5, 0.6) is 0 Å². The van der Waals surface area contributed by atoms with Crippen LogP contribution in [0.3, 0.4) is 0 Å². The van der Waals surface area contributed by atoms with Crippen LogP contribution in [0.25, 0.3) is 0 Å². The molecule has 1 unspecified atom stereocenters. The first kappa shape index (κ1) is 13.8. The van der Waals surface area contributed by atoms with Crippen molar-refractivity contribution in [2.45, 2.75) is 33.1 Å². The van der Waals surface area contributed by atoms with Crippen molar-refractivity contribution in [2.24, 2.45) is 5.73 Å². The van der Waals surface area contributed by atoms with Crippen LogP contribution in [-0.2, 0) is 17.9 Å². The van der Waals surface area contributed by atoms with E-state index < -0.39 is 0 Å². The first-order valence-electron chi connectivity index (χ1n) is 6.65. The zero-order valence-electron chi connectivity index (χ0n) is 11.6. The number of aryl methyl sites for hydroxylation is 1. The zero-order chi connectivity index (χ0) is 13.7. The first-order chi connectivity index (χ1) is 9.20. The van der Waals surface area contributed by atoms with E-state index in [0.29, 0.717) is 13.2 Å². The molecule has 0 fully saturated rings. The summed E-state index contributed by atoms with van der Waals surface area (Å²) in [6.45, 7) is 5.40. The van der Waals surface area contributed by atoms with Crippen molar-refractivity contribution in [3.63, 3.8) is 0 Å². The van der Waals surface area contributed by atoms with E-state index in [-0.39, 0.29) is 6.10 Å². The third-order valence-electron chi connectivity index (χ3n) is 3.40. The summed E-state index contributed by atoms with van der Waals surface area (Å²) in [5, 5.41) is 0. The molecule has 1 atom stereocenters. The van der Waals surface area contributed by atoms with Crippen LogP contribution in [0.15, 0.2) is 48.5 Å². The number of hydrogen-bond donors (Lipinski definition) is 1. The van der Waals surface area contributed by atoms with E-state index in [2.05, 4.69) is 44.2 Å². The van der Waals surface area contributed by atoms with Gasteiger partial charge in [-0.1, -0.05) is 48.5 Å². The Morgan fingerprint density at radius 2 is 1.84 bits per heavy atom. The molecule has 0 saturated carbocycles. The predicted octanol–water partition coefficient (Wildman–Crippen LogP) is 3.73. The van der Waals surface area contributed by atoms with Crippen LogP contribution in [0, 0.1) is 6.92 Å². The van der Waals surface area contributed by atoms with Gasteiger partial charge in [0.1, 0.15) is 0 Å². The molecule has 0 aliphatic carbocycles. The molecule has 0 aliphatic rings. The molecule has 0 saturated heterocycles. The van der Waals surface area contributed by atoms with Gasteiger partial charge >= 0.3 is 0 Å². The molecule has 2 heteroatoms. The largest absolute Gasteiger partial charge is 0.369 e. The molecule has 100 valence electrons. The van der Waals surface area contributed by atoms with Crippen LogP contribution >= 0.6 is 0 Å². The minimum atomic E-state index is 0.106. The van der Waals surface area contributed by atoms with E-state index >= 15 is 0 Å². The SMILES string of the molecule is Cc1cc(CN)ccc1COC(C)c1ccccc1. The average Bonchev–Trinajstić information content (AvgIpc) is 2.46. The Morgan fingerprint density at radius 3 is 2.47 bits per heavy atom. The van der Waals surface area contributed by atoms with Gasteiger partial charge in [-0.15, -0.1) is 0 Å². The van der Waals surface area contributed by atoms with E-state index in [1.807, 2.05) is 18.2 Å². The van der Waals surface area contributed by atoms with Crippen LogP contribution < -0.4 is 5.73 Å². The lowest BCUT2D eigenvalue weighted by Crippen LogP contribution is -2.03. The van der Waals surface area contributed by atoms with Crippen LogP contribution in [-0.4, -0.2) is 0 Å². The average molecular weight is 255 g/mol. The summed E-state index contributed by atoms with van der Waals surface area (Å²) >= 11 is 0. The zero-order valence-corrected chi connectivity index (χ0v) is 11.6. The van der Waals surface area contributed by atoms with Crippen molar-refractivity contribution in [2.75, 3.05) is 0 Å². The van der Waals surface area contributed by atoms with E-state index in [0.717, 1.165) is 5.56 Å². The number of hydrogen-bond acceptors (Lipinski definition) is 2. The van der Waals surface area contributed by atoms with Gasteiger partial charge in [0, 0.05) is 6.54 Å². The maximum Gasteiger partial charge on any atom is 0.0801 e. The van der Waals surface area contributed by atoms with Crippen molar-refractivity contribution in [1.82, 2.24) is 0 Å². The predicted molar refractivity (Wildman–Crippen MR) is 78.7 cm³/mol. The summed E-state index contributed by atoms with van der Waals surface area (Å²) in [4.78, 5) is 0. The summed E-state index contributed by atoms with van der Waals surface area (Å²) in [5.41, 5.74) is 10.5. The van der Waals surface area contributed by atoms with Gasteiger partial charge in [-0.05, 0) is 36.1 Å². The Morgan fingerprint density at radius 1 is 1.11 bits per heavy atom. The second kappa shape index (κ2) is 6.50. The van der Waals surface area contributed by atoms with Gasteiger partial charge in [0.15, 0.2) is 0 Å². The molecular formula is C17H21NO. The molecule has 2 N–H and O–H groups in total. The smallest absolute Gasteiger partial charge is 0.0801 e. The summed E-state index contributed by atoms with van der Waals surface area (Å²) < 4.78 is 5.94. The van der Waals surface area contributed by atoms with Gasteiger partial charge in [0.2, 0.25) is 0 Å². The van der Waals surface area contributed by atoms with Crippen LogP contribution in [0.4, 0.5) is 0 Å². The Bertz CT molecular complexity index is 522. The topological polar surface area (TPSA) is 35.2 Å². The molecule has 2 nitrogen and oxygen atoms in total. The Kier molecular flexibility index (Phi) is 4.72. The molecular weight excluding hydrogens is 234 g/mol. The third-order valence-corrected chi connectivity index (χ3v) is 3.40.